The molecule has 0 aromatic rings. The maximum Gasteiger partial charge on any atom is 0.170 e. The van der Waals surface area contributed by atoms with E-state index in [0.717, 1.165) is 18.9 Å². The molecule has 0 aromatic heterocycles. The molecule has 0 spiro atoms. The zero-order chi connectivity index (χ0) is 16.6. The molecule has 22 heavy (non-hydrogen) atoms. The van der Waals surface area contributed by atoms with Crippen LogP contribution in [0.2, 0.25) is 0 Å². The summed E-state index contributed by atoms with van der Waals surface area (Å²) < 4.78 is 21.4. The van der Waals surface area contributed by atoms with Crippen molar-refractivity contribution in [2.75, 3.05) is 52.9 Å². The number of Topliss-reactive ketones (excluding diaryl/α,β-unsaturated/α-hetero) is 1. The second kappa shape index (κ2) is 16.1. The topological polar surface area (TPSA) is 54.0 Å². The summed E-state index contributed by atoms with van der Waals surface area (Å²) in [6, 6.07) is 0. The predicted molar refractivity (Wildman–Crippen MR) is 95.8 cm³/mol. The molecule has 0 aliphatic rings. The molecule has 0 saturated carbocycles. The molecule has 6 heteroatoms. The molecule has 0 radical (unpaired) electrons. The third kappa shape index (κ3) is 16.6. The monoisotopic (exact) mass is 430 g/mol. The van der Waals surface area contributed by atoms with Crippen LogP contribution >= 0.6 is 22.6 Å². The number of hydrogen-bond donors (Lipinski definition) is 0. The molecule has 0 aromatic carbocycles. The average Bonchev–Trinajstić information content (AvgIpc) is 2.46. The van der Waals surface area contributed by atoms with Crippen LogP contribution in [0, 0.1) is 5.92 Å². The van der Waals surface area contributed by atoms with E-state index in [1.54, 1.807) is 0 Å². The van der Waals surface area contributed by atoms with E-state index in [-0.39, 0.29) is 16.3 Å². The number of ether oxygens (including phenoxy) is 4. The largest absolute Gasteiger partial charge is 0.379 e. The van der Waals surface area contributed by atoms with Gasteiger partial charge in [0.1, 0.15) is 6.61 Å². The third-order valence-electron chi connectivity index (χ3n) is 2.87. The number of carbonyl (C=O) groups excluding carboxylic acids is 1. The summed E-state index contributed by atoms with van der Waals surface area (Å²) in [6.07, 6.45) is 2.32. The third-order valence-corrected chi connectivity index (χ3v) is 3.57. The van der Waals surface area contributed by atoms with Gasteiger partial charge in [0.15, 0.2) is 5.78 Å². The van der Waals surface area contributed by atoms with Crippen LogP contribution in [0.4, 0.5) is 0 Å². The van der Waals surface area contributed by atoms with Gasteiger partial charge in [-0.05, 0) is 25.7 Å². The zero-order valence-electron chi connectivity index (χ0n) is 14.1. The van der Waals surface area contributed by atoms with Gasteiger partial charge in [-0.2, -0.15) is 0 Å². The lowest BCUT2D eigenvalue weighted by Crippen LogP contribution is -2.19. The fraction of sp³-hybridized carbons (Fsp3) is 0.938. The molecule has 0 heterocycles. The fourth-order valence-corrected chi connectivity index (χ4v) is 1.72. The van der Waals surface area contributed by atoms with Crippen molar-refractivity contribution in [1.82, 2.24) is 0 Å². The van der Waals surface area contributed by atoms with Crippen LogP contribution in [0.1, 0.15) is 33.6 Å². The van der Waals surface area contributed by atoms with Gasteiger partial charge in [0.25, 0.3) is 0 Å². The van der Waals surface area contributed by atoms with Crippen molar-refractivity contribution >= 4 is 28.4 Å². The van der Waals surface area contributed by atoms with E-state index >= 15 is 0 Å². The average molecular weight is 430 g/mol. The zero-order valence-corrected chi connectivity index (χ0v) is 16.3. The number of alkyl halides is 1. The van der Waals surface area contributed by atoms with E-state index in [0.29, 0.717) is 39.6 Å². The van der Waals surface area contributed by atoms with Crippen molar-refractivity contribution in [3.8, 4) is 0 Å². The Bertz CT molecular complexity index is 259. The van der Waals surface area contributed by atoms with Crippen LogP contribution in [0.25, 0.3) is 0 Å². The van der Waals surface area contributed by atoms with Gasteiger partial charge in [-0.25, -0.2) is 0 Å². The maximum absolute atomic E-state index is 11.3. The quantitative estimate of drug-likeness (QED) is 0.214. The van der Waals surface area contributed by atoms with Gasteiger partial charge >= 0.3 is 0 Å². The van der Waals surface area contributed by atoms with Gasteiger partial charge in [0.05, 0.1) is 43.6 Å². The molecule has 5 nitrogen and oxygen atoms in total. The maximum atomic E-state index is 11.3. The van der Waals surface area contributed by atoms with Crippen LogP contribution in [0.15, 0.2) is 0 Å². The van der Waals surface area contributed by atoms with E-state index in [2.05, 4.69) is 36.4 Å². The molecule has 0 aliphatic carbocycles. The standard InChI is InChI=1S/C16H31IO5/c1-14(2)5-4-6-19-7-8-20-9-10-21-11-12-22-13-16(18)15(3)17/h14-15H,4-13H2,1-3H3. The fourth-order valence-electron chi connectivity index (χ4n) is 1.54. The minimum atomic E-state index is -0.000453. The number of halogens is 1. The first-order valence-corrected chi connectivity index (χ1v) is 9.26. The molecule has 1 unspecified atom stereocenters. The van der Waals surface area contributed by atoms with E-state index < -0.39 is 0 Å². The molecule has 132 valence electrons. The van der Waals surface area contributed by atoms with E-state index in [4.69, 9.17) is 18.9 Å². The van der Waals surface area contributed by atoms with Crippen molar-refractivity contribution in [2.45, 2.75) is 37.5 Å². The van der Waals surface area contributed by atoms with Crippen molar-refractivity contribution in [3.63, 3.8) is 0 Å². The Hall–Kier alpha value is 0.240. The Labute approximate surface area is 148 Å². The first-order chi connectivity index (χ1) is 10.5. The second-order valence-corrected chi connectivity index (χ2v) is 7.38. The molecule has 0 bridgehead atoms. The summed E-state index contributed by atoms with van der Waals surface area (Å²) in [7, 11) is 0. The van der Waals surface area contributed by atoms with Crippen LogP contribution in [-0.2, 0) is 23.7 Å². The Morgan fingerprint density at radius 3 is 1.73 bits per heavy atom. The summed E-state index contributed by atoms with van der Waals surface area (Å²) in [6.45, 7) is 10.5. The molecular formula is C16H31IO5. The van der Waals surface area contributed by atoms with Crippen molar-refractivity contribution in [3.05, 3.63) is 0 Å². The highest BCUT2D eigenvalue weighted by Gasteiger charge is 2.07. The summed E-state index contributed by atoms with van der Waals surface area (Å²) in [5.74, 6) is 0.849. The number of hydrogen-bond acceptors (Lipinski definition) is 5. The molecule has 0 saturated heterocycles. The highest BCUT2D eigenvalue weighted by atomic mass is 127. The normalized spacial score (nSPS) is 12.8. The van der Waals surface area contributed by atoms with E-state index in [1.807, 2.05) is 6.92 Å². The predicted octanol–water partition coefficient (Wildman–Crippen LogP) is 2.88. The highest BCUT2D eigenvalue weighted by Crippen LogP contribution is 2.02. The van der Waals surface area contributed by atoms with Gasteiger partial charge in [-0.3, -0.25) is 4.79 Å². The second-order valence-electron chi connectivity index (χ2n) is 5.51. The van der Waals surface area contributed by atoms with Crippen molar-refractivity contribution in [1.29, 1.82) is 0 Å². The Kier molecular flexibility index (Phi) is 16.3. The van der Waals surface area contributed by atoms with Gasteiger partial charge in [0.2, 0.25) is 0 Å². The number of ketones is 1. The van der Waals surface area contributed by atoms with Crippen LogP contribution < -0.4 is 0 Å². The van der Waals surface area contributed by atoms with Crippen LogP contribution in [0.3, 0.4) is 0 Å². The molecule has 0 fully saturated rings. The summed E-state index contributed by atoms with van der Waals surface area (Å²) >= 11 is 2.08. The van der Waals surface area contributed by atoms with Crippen molar-refractivity contribution in [2.24, 2.45) is 5.92 Å². The Balaban J connectivity index is 3.07. The van der Waals surface area contributed by atoms with Gasteiger partial charge in [-0.1, -0.05) is 36.4 Å². The first-order valence-electron chi connectivity index (χ1n) is 8.01. The molecule has 1 atom stereocenters. The Morgan fingerprint density at radius 2 is 1.27 bits per heavy atom. The summed E-state index contributed by atoms with van der Waals surface area (Å²) in [4.78, 5) is 11.3. The van der Waals surface area contributed by atoms with Gasteiger partial charge < -0.3 is 18.9 Å². The Morgan fingerprint density at radius 1 is 0.818 bits per heavy atom. The molecule has 0 aliphatic heterocycles. The van der Waals surface area contributed by atoms with Crippen LogP contribution in [-0.4, -0.2) is 62.6 Å². The van der Waals surface area contributed by atoms with E-state index in [1.165, 1.54) is 6.42 Å². The smallest absolute Gasteiger partial charge is 0.170 e. The van der Waals surface area contributed by atoms with Crippen LogP contribution in [0.5, 0.6) is 0 Å². The van der Waals surface area contributed by atoms with Gasteiger partial charge in [0, 0.05) is 6.61 Å². The number of rotatable bonds is 16. The highest BCUT2D eigenvalue weighted by molar-refractivity contribution is 14.1. The lowest BCUT2D eigenvalue weighted by molar-refractivity contribution is -0.123. The molecule has 0 N–H and O–H groups in total. The number of carbonyl (C=O) groups is 1. The molecule has 0 rings (SSSR count). The van der Waals surface area contributed by atoms with Crippen molar-refractivity contribution < 1.29 is 23.7 Å². The van der Waals surface area contributed by atoms with E-state index in [9.17, 15) is 4.79 Å². The van der Waals surface area contributed by atoms with Gasteiger partial charge in [-0.15, -0.1) is 0 Å². The molecule has 0 amide bonds. The minimum Gasteiger partial charge on any atom is -0.379 e. The molecular weight excluding hydrogens is 399 g/mol. The first kappa shape index (κ1) is 22.2. The summed E-state index contributed by atoms with van der Waals surface area (Å²) in [5.41, 5.74) is 0. The minimum absolute atomic E-state index is 0.000453. The SMILES string of the molecule is CC(C)CCCOCCOCCOCCOCC(=O)C(C)I. The lowest BCUT2D eigenvalue weighted by atomic mass is 10.1. The summed E-state index contributed by atoms with van der Waals surface area (Å²) in [5, 5.41) is 0. The lowest BCUT2D eigenvalue weighted by Gasteiger charge is -2.08.